The molecule has 5 heteroatoms. The van der Waals surface area contributed by atoms with Gasteiger partial charge in [-0.2, -0.15) is 0 Å². The first-order valence-electron chi connectivity index (χ1n) is 4.88. The summed E-state index contributed by atoms with van der Waals surface area (Å²) >= 11 is 0. The summed E-state index contributed by atoms with van der Waals surface area (Å²) in [6.07, 6.45) is -0.657. The van der Waals surface area contributed by atoms with Gasteiger partial charge in [-0.1, -0.05) is 12.1 Å². The molecule has 1 aromatic rings. The molecule has 0 aliphatic rings. The number of benzene rings is 1. The number of hydrogen-bond acceptors (Lipinski definition) is 3. The van der Waals surface area contributed by atoms with E-state index in [1.165, 1.54) is 12.1 Å². The van der Waals surface area contributed by atoms with E-state index in [2.05, 4.69) is 10.9 Å². The fourth-order valence-corrected chi connectivity index (χ4v) is 0.985. The van der Waals surface area contributed by atoms with Gasteiger partial charge in [-0.3, -0.25) is 5.43 Å². The van der Waals surface area contributed by atoms with Gasteiger partial charge in [-0.15, -0.1) is 0 Å². The van der Waals surface area contributed by atoms with Gasteiger partial charge < -0.3 is 4.74 Å². The number of para-hydroxylation sites is 1. The number of nitrogens with one attached hydrogen (secondary N) is 2. The van der Waals surface area contributed by atoms with Crippen molar-refractivity contribution in [1.82, 2.24) is 5.43 Å². The number of ether oxygens (including phenoxy) is 1. The molecule has 1 aromatic carbocycles. The fraction of sp³-hybridized carbons (Fsp3) is 0.364. The van der Waals surface area contributed by atoms with Gasteiger partial charge in [0.2, 0.25) is 0 Å². The molecule has 0 bridgehead atoms. The van der Waals surface area contributed by atoms with Crippen LogP contribution in [0.1, 0.15) is 20.8 Å². The third kappa shape index (κ3) is 4.16. The summed E-state index contributed by atoms with van der Waals surface area (Å²) in [6.45, 7) is 5.24. The first kappa shape index (κ1) is 12.3. The largest absolute Gasteiger partial charge is 0.443 e. The summed E-state index contributed by atoms with van der Waals surface area (Å²) in [5, 5.41) is 0. The lowest BCUT2D eigenvalue weighted by Crippen LogP contribution is -2.36. The minimum Gasteiger partial charge on any atom is -0.443 e. The Bertz CT molecular complexity index is 374. The second kappa shape index (κ2) is 4.83. The van der Waals surface area contributed by atoms with Gasteiger partial charge in [0.05, 0.1) is 5.69 Å². The maximum Gasteiger partial charge on any atom is 0.426 e. The van der Waals surface area contributed by atoms with E-state index in [0.717, 1.165) is 0 Å². The number of carbonyl (C=O) groups excluding carboxylic acids is 1. The zero-order chi connectivity index (χ0) is 12.2. The smallest absolute Gasteiger partial charge is 0.426 e. The van der Waals surface area contributed by atoms with Crippen molar-refractivity contribution < 1.29 is 13.9 Å². The highest BCUT2D eigenvalue weighted by Gasteiger charge is 2.15. The van der Waals surface area contributed by atoms with Crippen LogP contribution in [0, 0.1) is 5.82 Å². The molecule has 16 heavy (non-hydrogen) atoms. The number of carbonyl (C=O) groups is 1. The number of hydrazine groups is 1. The first-order chi connectivity index (χ1) is 7.38. The third-order valence-electron chi connectivity index (χ3n) is 1.57. The summed E-state index contributed by atoms with van der Waals surface area (Å²) in [5.41, 5.74) is 4.29. The van der Waals surface area contributed by atoms with E-state index in [1.54, 1.807) is 32.9 Å². The quantitative estimate of drug-likeness (QED) is 0.762. The van der Waals surface area contributed by atoms with Crippen molar-refractivity contribution in [1.29, 1.82) is 0 Å². The van der Waals surface area contributed by atoms with Crippen LogP contribution in [0.3, 0.4) is 0 Å². The predicted octanol–water partition coefficient (Wildman–Crippen LogP) is 2.68. The second-order valence-electron chi connectivity index (χ2n) is 4.23. The molecule has 2 N–H and O–H groups in total. The maximum absolute atomic E-state index is 13.1. The van der Waals surface area contributed by atoms with E-state index in [0.29, 0.717) is 0 Å². The highest BCUT2D eigenvalue weighted by Crippen LogP contribution is 2.11. The summed E-state index contributed by atoms with van der Waals surface area (Å²) in [6, 6.07) is 6.02. The molecule has 4 nitrogen and oxygen atoms in total. The minimum atomic E-state index is -0.657. The Hall–Kier alpha value is -1.78. The lowest BCUT2D eigenvalue weighted by molar-refractivity contribution is 0.0541. The second-order valence-corrected chi connectivity index (χ2v) is 4.23. The highest BCUT2D eigenvalue weighted by atomic mass is 19.1. The zero-order valence-electron chi connectivity index (χ0n) is 9.50. The van der Waals surface area contributed by atoms with Crippen LogP contribution in [0.15, 0.2) is 24.3 Å². The Kier molecular flexibility index (Phi) is 3.71. The summed E-state index contributed by atoms with van der Waals surface area (Å²) in [7, 11) is 0. The van der Waals surface area contributed by atoms with Gasteiger partial charge >= 0.3 is 6.09 Å². The molecule has 1 rings (SSSR count). The van der Waals surface area contributed by atoms with Gasteiger partial charge in [-0.25, -0.2) is 14.6 Å². The van der Waals surface area contributed by atoms with E-state index >= 15 is 0 Å². The lowest BCUT2D eigenvalue weighted by Gasteiger charge is -2.20. The van der Waals surface area contributed by atoms with Crippen molar-refractivity contribution in [3.63, 3.8) is 0 Å². The molecular weight excluding hydrogens is 211 g/mol. The molecule has 0 heterocycles. The third-order valence-corrected chi connectivity index (χ3v) is 1.57. The molecule has 0 unspecified atom stereocenters. The molecule has 88 valence electrons. The maximum atomic E-state index is 13.1. The molecule has 0 saturated heterocycles. The van der Waals surface area contributed by atoms with E-state index in [4.69, 9.17) is 4.74 Å². The van der Waals surface area contributed by atoms with Crippen molar-refractivity contribution >= 4 is 11.8 Å². The van der Waals surface area contributed by atoms with Crippen LogP contribution in [-0.2, 0) is 4.74 Å². The van der Waals surface area contributed by atoms with E-state index < -0.39 is 17.5 Å². The van der Waals surface area contributed by atoms with Gasteiger partial charge in [0, 0.05) is 0 Å². The van der Waals surface area contributed by atoms with E-state index in [1.807, 2.05) is 0 Å². The van der Waals surface area contributed by atoms with Gasteiger partial charge in [0.1, 0.15) is 11.4 Å². The minimum absolute atomic E-state index is 0.188. The topological polar surface area (TPSA) is 50.4 Å². The van der Waals surface area contributed by atoms with Crippen LogP contribution in [0.2, 0.25) is 0 Å². The standard InChI is InChI=1S/C11H15FN2O2/c1-11(2,3)16-10(15)14-13-9-7-5-4-6-8(9)12/h4-7,13H,1-3H3,(H,14,15). The molecule has 0 aliphatic carbocycles. The van der Waals surface area contributed by atoms with Crippen LogP contribution in [-0.4, -0.2) is 11.7 Å². The number of anilines is 1. The average Bonchev–Trinajstić information content (AvgIpc) is 2.14. The number of rotatable bonds is 2. The van der Waals surface area contributed by atoms with Crippen LogP contribution in [0.25, 0.3) is 0 Å². The normalized spacial score (nSPS) is 10.8. The summed E-state index contributed by atoms with van der Waals surface area (Å²) < 4.78 is 18.1. The predicted molar refractivity (Wildman–Crippen MR) is 59.4 cm³/mol. The number of halogens is 1. The average molecular weight is 226 g/mol. The molecule has 0 aromatic heterocycles. The van der Waals surface area contributed by atoms with Gasteiger partial charge in [0.15, 0.2) is 0 Å². The first-order valence-corrected chi connectivity index (χ1v) is 4.88. The van der Waals surface area contributed by atoms with Crippen LogP contribution >= 0.6 is 0 Å². The number of hydrogen-bond donors (Lipinski definition) is 2. The van der Waals surface area contributed by atoms with Gasteiger partial charge in [-0.05, 0) is 32.9 Å². The SMILES string of the molecule is CC(C)(C)OC(=O)NNc1ccccc1F. The van der Waals surface area contributed by atoms with Crippen molar-refractivity contribution in [3.05, 3.63) is 30.1 Å². The highest BCUT2D eigenvalue weighted by molar-refractivity contribution is 5.69. The Morgan fingerprint density at radius 3 is 2.50 bits per heavy atom. The van der Waals surface area contributed by atoms with E-state index in [-0.39, 0.29) is 5.69 Å². The Labute approximate surface area is 93.8 Å². The van der Waals surface area contributed by atoms with Gasteiger partial charge in [0.25, 0.3) is 0 Å². The number of amides is 1. The monoisotopic (exact) mass is 226 g/mol. The zero-order valence-corrected chi connectivity index (χ0v) is 9.50. The molecular formula is C11H15FN2O2. The van der Waals surface area contributed by atoms with Crippen molar-refractivity contribution in [2.75, 3.05) is 5.43 Å². The molecule has 0 spiro atoms. The molecule has 0 radical (unpaired) electrons. The summed E-state index contributed by atoms with van der Waals surface area (Å²) in [5.74, 6) is -0.446. The summed E-state index contributed by atoms with van der Waals surface area (Å²) in [4.78, 5) is 11.2. The lowest BCUT2D eigenvalue weighted by atomic mass is 10.2. The van der Waals surface area contributed by atoms with Crippen molar-refractivity contribution in [2.45, 2.75) is 26.4 Å². The van der Waals surface area contributed by atoms with E-state index in [9.17, 15) is 9.18 Å². The fourth-order valence-electron chi connectivity index (χ4n) is 0.985. The molecule has 0 saturated carbocycles. The molecule has 0 aliphatic heterocycles. The van der Waals surface area contributed by atoms with Crippen LogP contribution < -0.4 is 10.9 Å². The van der Waals surface area contributed by atoms with Crippen molar-refractivity contribution in [3.8, 4) is 0 Å². The van der Waals surface area contributed by atoms with Crippen LogP contribution in [0.5, 0.6) is 0 Å². The Morgan fingerprint density at radius 1 is 1.31 bits per heavy atom. The molecule has 0 atom stereocenters. The molecule has 0 fully saturated rings. The Balaban J connectivity index is 2.47. The Morgan fingerprint density at radius 2 is 1.94 bits per heavy atom. The van der Waals surface area contributed by atoms with Crippen LogP contribution in [0.4, 0.5) is 14.9 Å². The molecule has 1 amide bonds. The van der Waals surface area contributed by atoms with Crippen molar-refractivity contribution in [2.24, 2.45) is 0 Å².